The van der Waals surface area contributed by atoms with Crippen LogP contribution in [0.2, 0.25) is 0 Å². The van der Waals surface area contributed by atoms with Crippen molar-refractivity contribution in [2.24, 2.45) is 5.92 Å². The smallest absolute Gasteiger partial charge is 0.219 e. The number of piperidine rings is 1. The third kappa shape index (κ3) is 1.22. The topological polar surface area (TPSA) is 32.3 Å². The first-order valence-electron chi connectivity index (χ1n) is 4.77. The molecule has 12 heavy (non-hydrogen) atoms. The zero-order valence-electron chi connectivity index (χ0n) is 7.55. The summed E-state index contributed by atoms with van der Waals surface area (Å²) < 4.78 is 0. The molecule has 1 N–H and O–H groups in total. The summed E-state index contributed by atoms with van der Waals surface area (Å²) in [5.41, 5.74) is 0. The van der Waals surface area contributed by atoms with Crippen molar-refractivity contribution in [3.8, 4) is 0 Å². The molecule has 2 heterocycles. The number of hydrogen-bond donors (Lipinski definition) is 1. The Morgan fingerprint density at radius 3 is 3.08 bits per heavy atom. The van der Waals surface area contributed by atoms with E-state index in [9.17, 15) is 4.79 Å². The summed E-state index contributed by atoms with van der Waals surface area (Å²) in [6.07, 6.45) is 2.46. The van der Waals surface area contributed by atoms with Gasteiger partial charge >= 0.3 is 0 Å². The second-order valence-electron chi connectivity index (χ2n) is 3.82. The normalized spacial score (nSPS) is 34.9. The van der Waals surface area contributed by atoms with Crippen LogP contribution in [0.3, 0.4) is 0 Å². The van der Waals surface area contributed by atoms with E-state index in [1.54, 1.807) is 6.92 Å². The average Bonchev–Trinajstić information content (AvgIpc) is 2.47. The molecule has 2 aliphatic heterocycles. The summed E-state index contributed by atoms with van der Waals surface area (Å²) in [6, 6.07) is 0.497. The molecular formula is C9H16N2O. The molecule has 0 saturated carbocycles. The Bertz CT molecular complexity index is 193. The van der Waals surface area contributed by atoms with E-state index >= 15 is 0 Å². The number of hydrogen-bond acceptors (Lipinski definition) is 2. The zero-order valence-corrected chi connectivity index (χ0v) is 7.55. The van der Waals surface area contributed by atoms with Crippen LogP contribution in [0.15, 0.2) is 0 Å². The predicted molar refractivity (Wildman–Crippen MR) is 46.8 cm³/mol. The van der Waals surface area contributed by atoms with Gasteiger partial charge in [-0.2, -0.15) is 0 Å². The van der Waals surface area contributed by atoms with Crippen molar-refractivity contribution in [3.05, 3.63) is 0 Å². The van der Waals surface area contributed by atoms with Crippen molar-refractivity contribution < 1.29 is 4.79 Å². The van der Waals surface area contributed by atoms with E-state index in [4.69, 9.17) is 0 Å². The van der Waals surface area contributed by atoms with Crippen LogP contribution in [0, 0.1) is 5.92 Å². The van der Waals surface area contributed by atoms with Crippen LogP contribution >= 0.6 is 0 Å². The van der Waals surface area contributed by atoms with Gasteiger partial charge in [0.1, 0.15) is 0 Å². The SMILES string of the molecule is CC(=O)N1CCC2CCNCC21. The minimum Gasteiger partial charge on any atom is -0.338 e. The molecule has 0 aromatic carbocycles. The summed E-state index contributed by atoms with van der Waals surface area (Å²) in [6.45, 7) is 4.79. The maximum absolute atomic E-state index is 11.2. The lowest BCUT2D eigenvalue weighted by molar-refractivity contribution is -0.130. The van der Waals surface area contributed by atoms with E-state index in [2.05, 4.69) is 5.32 Å². The van der Waals surface area contributed by atoms with Crippen LogP contribution in [-0.2, 0) is 4.79 Å². The van der Waals surface area contributed by atoms with Gasteiger partial charge in [-0.1, -0.05) is 0 Å². The minimum atomic E-state index is 0.242. The first kappa shape index (κ1) is 8.05. The lowest BCUT2D eigenvalue weighted by atomic mass is 9.93. The third-order valence-electron chi connectivity index (χ3n) is 3.14. The molecule has 68 valence electrons. The second kappa shape index (κ2) is 3.05. The van der Waals surface area contributed by atoms with Crippen molar-refractivity contribution >= 4 is 5.91 Å². The van der Waals surface area contributed by atoms with Gasteiger partial charge in [-0.3, -0.25) is 4.79 Å². The largest absolute Gasteiger partial charge is 0.338 e. The fraction of sp³-hybridized carbons (Fsp3) is 0.889. The molecule has 0 spiro atoms. The van der Waals surface area contributed by atoms with Crippen LogP contribution in [-0.4, -0.2) is 36.5 Å². The van der Waals surface area contributed by atoms with Crippen LogP contribution in [0.5, 0.6) is 0 Å². The van der Waals surface area contributed by atoms with Gasteiger partial charge in [0.2, 0.25) is 5.91 Å². The van der Waals surface area contributed by atoms with Crippen LogP contribution < -0.4 is 5.32 Å². The number of rotatable bonds is 0. The first-order chi connectivity index (χ1) is 5.79. The zero-order chi connectivity index (χ0) is 8.55. The highest BCUT2D eigenvalue weighted by Gasteiger charge is 2.36. The maximum atomic E-state index is 11.2. The number of nitrogens with zero attached hydrogens (tertiary/aromatic N) is 1. The molecule has 0 radical (unpaired) electrons. The van der Waals surface area contributed by atoms with Crippen molar-refractivity contribution in [1.29, 1.82) is 0 Å². The molecule has 0 aliphatic carbocycles. The highest BCUT2D eigenvalue weighted by molar-refractivity contribution is 5.74. The molecule has 2 unspecified atom stereocenters. The lowest BCUT2D eigenvalue weighted by Gasteiger charge is -2.31. The van der Waals surface area contributed by atoms with Gasteiger partial charge in [-0.05, 0) is 25.3 Å². The van der Waals surface area contributed by atoms with Gasteiger partial charge in [-0.15, -0.1) is 0 Å². The summed E-state index contributed by atoms with van der Waals surface area (Å²) in [4.78, 5) is 13.2. The minimum absolute atomic E-state index is 0.242. The Morgan fingerprint density at radius 2 is 2.33 bits per heavy atom. The number of amides is 1. The molecule has 2 fully saturated rings. The molecule has 3 heteroatoms. The van der Waals surface area contributed by atoms with Crippen LogP contribution in [0.4, 0.5) is 0 Å². The number of likely N-dealkylation sites (tertiary alicyclic amines) is 1. The quantitative estimate of drug-likeness (QED) is 0.561. The van der Waals surface area contributed by atoms with Crippen LogP contribution in [0.1, 0.15) is 19.8 Å². The molecule has 0 bridgehead atoms. The molecular weight excluding hydrogens is 152 g/mol. The van der Waals surface area contributed by atoms with E-state index in [0.717, 1.165) is 25.6 Å². The summed E-state index contributed by atoms with van der Waals surface area (Å²) in [7, 11) is 0. The van der Waals surface area contributed by atoms with E-state index in [0.29, 0.717) is 6.04 Å². The fourth-order valence-corrected chi connectivity index (χ4v) is 2.46. The molecule has 3 nitrogen and oxygen atoms in total. The monoisotopic (exact) mass is 168 g/mol. The first-order valence-corrected chi connectivity index (χ1v) is 4.77. The number of carbonyl (C=O) groups is 1. The Morgan fingerprint density at radius 1 is 1.50 bits per heavy atom. The van der Waals surface area contributed by atoms with E-state index in [1.165, 1.54) is 12.8 Å². The van der Waals surface area contributed by atoms with Crippen molar-refractivity contribution in [2.45, 2.75) is 25.8 Å². The Kier molecular flexibility index (Phi) is 2.05. The molecule has 2 rings (SSSR count). The summed E-state index contributed by atoms with van der Waals surface area (Å²) >= 11 is 0. The molecule has 1 amide bonds. The highest BCUT2D eigenvalue weighted by atomic mass is 16.2. The van der Waals surface area contributed by atoms with Crippen LogP contribution in [0.25, 0.3) is 0 Å². The number of carbonyl (C=O) groups excluding carboxylic acids is 1. The Hall–Kier alpha value is -0.570. The van der Waals surface area contributed by atoms with Crippen molar-refractivity contribution in [3.63, 3.8) is 0 Å². The third-order valence-corrected chi connectivity index (χ3v) is 3.14. The fourth-order valence-electron chi connectivity index (χ4n) is 2.46. The highest BCUT2D eigenvalue weighted by Crippen LogP contribution is 2.28. The van der Waals surface area contributed by atoms with Gasteiger partial charge in [0.05, 0.1) is 0 Å². The van der Waals surface area contributed by atoms with Gasteiger partial charge in [0.15, 0.2) is 0 Å². The number of nitrogens with one attached hydrogen (secondary N) is 1. The van der Waals surface area contributed by atoms with Gasteiger partial charge < -0.3 is 10.2 Å². The molecule has 0 aromatic heterocycles. The second-order valence-corrected chi connectivity index (χ2v) is 3.82. The summed E-state index contributed by atoms with van der Waals surface area (Å²) in [5, 5.41) is 3.35. The molecule has 0 aromatic rings. The average molecular weight is 168 g/mol. The van der Waals surface area contributed by atoms with E-state index in [-0.39, 0.29) is 5.91 Å². The standard InChI is InChI=1S/C9H16N2O/c1-7(12)11-5-3-8-2-4-10-6-9(8)11/h8-10H,2-6H2,1H3. The maximum Gasteiger partial charge on any atom is 0.219 e. The van der Waals surface area contributed by atoms with Gasteiger partial charge in [0, 0.05) is 26.1 Å². The van der Waals surface area contributed by atoms with E-state index < -0.39 is 0 Å². The van der Waals surface area contributed by atoms with Gasteiger partial charge in [0.25, 0.3) is 0 Å². The van der Waals surface area contributed by atoms with Crippen molar-refractivity contribution in [2.75, 3.05) is 19.6 Å². The van der Waals surface area contributed by atoms with E-state index in [1.807, 2.05) is 4.90 Å². The molecule has 2 aliphatic rings. The Labute approximate surface area is 73.1 Å². The number of fused-ring (bicyclic) bond motifs is 1. The Balaban J connectivity index is 2.05. The lowest BCUT2D eigenvalue weighted by Crippen LogP contribution is -2.47. The summed E-state index contributed by atoms with van der Waals surface area (Å²) in [5.74, 6) is 1.02. The molecule has 2 saturated heterocycles. The predicted octanol–water partition coefficient (Wildman–Crippen LogP) is 0.217. The molecule has 2 atom stereocenters. The van der Waals surface area contributed by atoms with Crippen molar-refractivity contribution in [1.82, 2.24) is 10.2 Å². The van der Waals surface area contributed by atoms with Gasteiger partial charge in [-0.25, -0.2) is 0 Å².